The lowest BCUT2D eigenvalue weighted by molar-refractivity contribution is -0.135. The Bertz CT molecular complexity index is 1090. The molecule has 0 saturated carbocycles. The lowest BCUT2D eigenvalue weighted by Crippen LogP contribution is -2.37. The molecule has 0 spiro atoms. The average molecular weight is 402 g/mol. The van der Waals surface area contributed by atoms with Crippen LogP contribution in [0.15, 0.2) is 29.1 Å². The minimum absolute atomic E-state index is 0.0252. The highest BCUT2D eigenvalue weighted by Crippen LogP contribution is 2.26. The summed E-state index contributed by atoms with van der Waals surface area (Å²) >= 11 is 1.40. The van der Waals surface area contributed by atoms with Crippen molar-refractivity contribution in [1.29, 1.82) is 0 Å². The Kier molecular flexibility index (Phi) is 5.41. The summed E-state index contributed by atoms with van der Waals surface area (Å²) in [5.74, 6) is -3.04. The standard InChI is InChI=1S/C18H18N4O5S/c1-9(2)15-16(25)14(17(26)19-7-13(23)24)18(27)22(21-15)8-12-20-10-5-3-4-6-11(10)28-12/h3-6,9,25H,7-8H2,1-2H3,(H,19,26)(H,23,24). The van der Waals surface area contributed by atoms with Crippen molar-refractivity contribution in [2.75, 3.05) is 6.54 Å². The van der Waals surface area contributed by atoms with E-state index in [2.05, 4.69) is 15.4 Å². The van der Waals surface area contributed by atoms with Gasteiger partial charge >= 0.3 is 5.97 Å². The van der Waals surface area contributed by atoms with Gasteiger partial charge in [-0.05, 0) is 12.1 Å². The molecule has 1 amide bonds. The van der Waals surface area contributed by atoms with Crippen LogP contribution >= 0.6 is 11.3 Å². The average Bonchev–Trinajstić information content (AvgIpc) is 3.04. The number of hydrogen-bond acceptors (Lipinski definition) is 7. The van der Waals surface area contributed by atoms with Gasteiger partial charge in [-0.15, -0.1) is 11.3 Å². The molecular formula is C18H18N4O5S. The Balaban J connectivity index is 2.06. The Morgan fingerprint density at radius 3 is 2.64 bits per heavy atom. The molecule has 9 nitrogen and oxygen atoms in total. The second-order valence-corrected chi connectivity index (χ2v) is 7.49. The summed E-state index contributed by atoms with van der Waals surface area (Å²) in [6, 6.07) is 7.51. The van der Waals surface area contributed by atoms with Gasteiger partial charge in [-0.2, -0.15) is 5.10 Å². The number of benzene rings is 1. The first-order chi connectivity index (χ1) is 13.3. The van der Waals surface area contributed by atoms with Crippen LogP contribution in [0.3, 0.4) is 0 Å². The molecule has 28 heavy (non-hydrogen) atoms. The molecule has 0 aliphatic heterocycles. The summed E-state index contributed by atoms with van der Waals surface area (Å²) in [5, 5.41) is 26.0. The smallest absolute Gasteiger partial charge is 0.322 e. The van der Waals surface area contributed by atoms with Gasteiger partial charge in [0.05, 0.1) is 16.8 Å². The van der Waals surface area contributed by atoms with E-state index in [0.29, 0.717) is 5.01 Å². The Morgan fingerprint density at radius 1 is 1.29 bits per heavy atom. The van der Waals surface area contributed by atoms with Crippen LogP contribution in [0.25, 0.3) is 10.2 Å². The highest BCUT2D eigenvalue weighted by Gasteiger charge is 2.25. The van der Waals surface area contributed by atoms with Crippen LogP contribution in [0.1, 0.15) is 40.8 Å². The number of aliphatic carboxylic acids is 1. The number of aromatic nitrogens is 3. The van der Waals surface area contributed by atoms with Crippen molar-refractivity contribution in [3.8, 4) is 5.75 Å². The molecule has 0 unspecified atom stereocenters. The number of nitrogens with zero attached hydrogens (tertiary/aromatic N) is 3. The topological polar surface area (TPSA) is 134 Å². The van der Waals surface area contributed by atoms with Gasteiger partial charge in [-0.25, -0.2) is 9.67 Å². The summed E-state index contributed by atoms with van der Waals surface area (Å²) in [7, 11) is 0. The van der Waals surface area contributed by atoms with Gasteiger partial charge in [0.2, 0.25) is 0 Å². The number of nitrogens with one attached hydrogen (secondary N) is 1. The van der Waals surface area contributed by atoms with Crippen molar-refractivity contribution in [1.82, 2.24) is 20.1 Å². The molecule has 0 radical (unpaired) electrons. The van der Waals surface area contributed by atoms with Crippen molar-refractivity contribution in [2.24, 2.45) is 0 Å². The fourth-order valence-electron chi connectivity index (χ4n) is 2.64. The maximum atomic E-state index is 12.8. The van der Waals surface area contributed by atoms with Gasteiger partial charge in [0.1, 0.15) is 22.8 Å². The summed E-state index contributed by atoms with van der Waals surface area (Å²) in [6.45, 7) is 2.87. The largest absolute Gasteiger partial charge is 0.505 e. The zero-order valence-corrected chi connectivity index (χ0v) is 16.0. The molecule has 3 aromatic rings. The number of carboxylic acids is 1. The van der Waals surface area contributed by atoms with E-state index in [1.54, 1.807) is 13.8 Å². The van der Waals surface area contributed by atoms with E-state index < -0.39 is 35.3 Å². The molecule has 0 atom stereocenters. The fourth-order valence-corrected chi connectivity index (χ4v) is 3.59. The van der Waals surface area contributed by atoms with Crippen molar-refractivity contribution in [3.63, 3.8) is 0 Å². The monoisotopic (exact) mass is 402 g/mol. The van der Waals surface area contributed by atoms with Crippen LogP contribution in [-0.2, 0) is 11.3 Å². The third-order valence-corrected chi connectivity index (χ3v) is 4.97. The van der Waals surface area contributed by atoms with Crippen LogP contribution in [0, 0.1) is 0 Å². The van der Waals surface area contributed by atoms with Crippen molar-refractivity contribution < 1.29 is 19.8 Å². The van der Waals surface area contributed by atoms with E-state index in [9.17, 15) is 19.5 Å². The van der Waals surface area contributed by atoms with Gasteiger partial charge in [0.25, 0.3) is 11.5 Å². The number of carboxylic acid groups (broad SMARTS) is 1. The molecule has 146 valence electrons. The lowest BCUT2D eigenvalue weighted by Gasteiger charge is -2.14. The minimum Gasteiger partial charge on any atom is -0.505 e. The second kappa shape index (κ2) is 7.77. The summed E-state index contributed by atoms with van der Waals surface area (Å²) < 4.78 is 2.02. The van der Waals surface area contributed by atoms with Crippen LogP contribution in [-0.4, -0.2) is 43.4 Å². The maximum Gasteiger partial charge on any atom is 0.322 e. The van der Waals surface area contributed by atoms with Crippen molar-refractivity contribution in [3.05, 3.63) is 50.9 Å². The van der Waals surface area contributed by atoms with E-state index in [1.165, 1.54) is 11.3 Å². The molecular weight excluding hydrogens is 384 g/mol. The molecule has 0 aliphatic rings. The number of para-hydroxylation sites is 1. The van der Waals surface area contributed by atoms with E-state index in [0.717, 1.165) is 14.9 Å². The van der Waals surface area contributed by atoms with Gasteiger partial charge in [0.15, 0.2) is 5.75 Å². The van der Waals surface area contributed by atoms with Gasteiger partial charge < -0.3 is 15.5 Å². The summed E-state index contributed by atoms with van der Waals surface area (Å²) in [4.78, 5) is 40.3. The highest BCUT2D eigenvalue weighted by molar-refractivity contribution is 7.18. The number of fused-ring (bicyclic) bond motifs is 1. The zero-order valence-electron chi connectivity index (χ0n) is 15.2. The van der Waals surface area contributed by atoms with Crippen LogP contribution in [0.2, 0.25) is 0 Å². The zero-order chi connectivity index (χ0) is 20.4. The molecule has 0 fully saturated rings. The number of carbonyl (C=O) groups is 2. The molecule has 10 heteroatoms. The predicted molar refractivity (Wildman–Crippen MR) is 103 cm³/mol. The van der Waals surface area contributed by atoms with Crippen molar-refractivity contribution >= 4 is 33.4 Å². The first-order valence-electron chi connectivity index (χ1n) is 8.46. The van der Waals surface area contributed by atoms with Crippen LogP contribution in [0.5, 0.6) is 5.75 Å². The van der Waals surface area contributed by atoms with Gasteiger partial charge in [-0.3, -0.25) is 14.4 Å². The van der Waals surface area contributed by atoms with E-state index in [4.69, 9.17) is 5.11 Å². The molecule has 1 aromatic carbocycles. The van der Waals surface area contributed by atoms with Gasteiger partial charge in [-0.1, -0.05) is 26.0 Å². The molecule has 0 bridgehead atoms. The Labute approximate surface area is 163 Å². The summed E-state index contributed by atoms with van der Waals surface area (Å²) in [6.07, 6.45) is 0. The molecule has 3 rings (SSSR count). The first-order valence-corrected chi connectivity index (χ1v) is 9.28. The van der Waals surface area contributed by atoms with Crippen molar-refractivity contribution in [2.45, 2.75) is 26.3 Å². The third-order valence-electron chi connectivity index (χ3n) is 3.95. The quantitative estimate of drug-likeness (QED) is 0.569. The normalized spacial score (nSPS) is 11.1. The molecule has 0 saturated heterocycles. The highest BCUT2D eigenvalue weighted by atomic mass is 32.1. The minimum atomic E-state index is -1.26. The number of carbonyl (C=O) groups excluding carboxylic acids is 1. The predicted octanol–water partition coefficient (Wildman–Crippen LogP) is 1.54. The molecule has 3 N–H and O–H groups in total. The Morgan fingerprint density at radius 2 is 2.00 bits per heavy atom. The SMILES string of the molecule is CC(C)c1nn(Cc2nc3ccccc3s2)c(=O)c(C(=O)NCC(=O)O)c1O. The van der Waals surface area contributed by atoms with Crippen LogP contribution in [0.4, 0.5) is 0 Å². The molecule has 2 heterocycles. The lowest BCUT2D eigenvalue weighted by atomic mass is 10.1. The third kappa shape index (κ3) is 3.86. The maximum absolute atomic E-state index is 12.8. The van der Waals surface area contributed by atoms with Crippen LogP contribution < -0.4 is 10.9 Å². The second-order valence-electron chi connectivity index (χ2n) is 6.38. The van der Waals surface area contributed by atoms with Gasteiger partial charge in [0, 0.05) is 5.92 Å². The number of rotatable bonds is 6. The number of thiazole rings is 1. The Hall–Kier alpha value is -3.27. The number of hydrogen-bond donors (Lipinski definition) is 3. The van der Waals surface area contributed by atoms with E-state index >= 15 is 0 Å². The number of aromatic hydroxyl groups is 1. The van der Waals surface area contributed by atoms with E-state index in [1.807, 2.05) is 24.3 Å². The summed E-state index contributed by atoms with van der Waals surface area (Å²) in [5.41, 5.74) is -0.385. The first kappa shape index (κ1) is 19.5. The molecule has 0 aliphatic carbocycles. The molecule has 2 aromatic heterocycles. The van der Waals surface area contributed by atoms with E-state index in [-0.39, 0.29) is 18.2 Å². The number of amides is 1. The fraction of sp³-hybridized carbons (Fsp3) is 0.278.